The van der Waals surface area contributed by atoms with Crippen molar-refractivity contribution in [1.82, 2.24) is 0 Å². The Hall–Kier alpha value is -0.740. The maximum Gasteiger partial charge on any atom is 0.165 e. The smallest absolute Gasteiger partial charge is 0.165 e. The number of ether oxygens (including phenoxy) is 3. The molecule has 19 heavy (non-hydrogen) atoms. The Bertz CT molecular complexity index is 366. The number of hydrogen-bond donors (Lipinski definition) is 0. The first-order valence-corrected chi connectivity index (χ1v) is 7.82. The van der Waals surface area contributed by atoms with Crippen LogP contribution < -0.4 is 9.47 Å². The fourth-order valence-electron chi connectivity index (χ4n) is 1.62. The second-order valence-corrected chi connectivity index (χ2v) is 5.19. The highest BCUT2D eigenvalue weighted by atomic mass is 79.9. The lowest BCUT2D eigenvalue weighted by atomic mass is 10.2. The fraction of sp³-hybridized carbons (Fsp3) is 0.600. The van der Waals surface area contributed by atoms with E-state index in [9.17, 15) is 0 Å². The third kappa shape index (κ3) is 5.83. The van der Waals surface area contributed by atoms with Crippen molar-refractivity contribution in [2.24, 2.45) is 5.92 Å². The molecule has 0 spiro atoms. The predicted molar refractivity (Wildman–Crippen MR) is 81.4 cm³/mol. The van der Waals surface area contributed by atoms with Crippen molar-refractivity contribution in [3.63, 3.8) is 0 Å². The molecule has 0 aliphatic rings. The number of alkyl halides is 1. The van der Waals surface area contributed by atoms with Gasteiger partial charge in [0.2, 0.25) is 0 Å². The van der Waals surface area contributed by atoms with Gasteiger partial charge < -0.3 is 14.2 Å². The standard InChI is InChI=1S/C15H23BrO3/c1-4-18-14-7-5-6-13(10-16)15(14)19-9-8-17-11-12(2)3/h5-7,12H,4,8-11H2,1-3H3. The second kappa shape index (κ2) is 9.21. The highest BCUT2D eigenvalue weighted by Crippen LogP contribution is 2.32. The van der Waals surface area contributed by atoms with Crippen LogP contribution in [0.1, 0.15) is 26.3 Å². The van der Waals surface area contributed by atoms with E-state index < -0.39 is 0 Å². The molecule has 0 radical (unpaired) electrons. The molecular weight excluding hydrogens is 308 g/mol. The third-order valence-corrected chi connectivity index (χ3v) is 3.03. The van der Waals surface area contributed by atoms with Gasteiger partial charge in [0.15, 0.2) is 11.5 Å². The average Bonchev–Trinajstić information content (AvgIpc) is 2.39. The molecule has 0 bridgehead atoms. The van der Waals surface area contributed by atoms with Crippen LogP contribution in [-0.4, -0.2) is 26.4 Å². The summed E-state index contributed by atoms with van der Waals surface area (Å²) >= 11 is 3.47. The van der Waals surface area contributed by atoms with Gasteiger partial charge in [-0.25, -0.2) is 0 Å². The molecule has 0 N–H and O–H groups in total. The summed E-state index contributed by atoms with van der Waals surface area (Å²) in [5.41, 5.74) is 1.09. The Morgan fingerprint density at radius 1 is 1.16 bits per heavy atom. The maximum atomic E-state index is 5.81. The first kappa shape index (κ1) is 16.3. The van der Waals surface area contributed by atoms with E-state index in [2.05, 4.69) is 29.8 Å². The van der Waals surface area contributed by atoms with Crippen LogP contribution in [0.4, 0.5) is 0 Å². The lowest BCUT2D eigenvalue weighted by molar-refractivity contribution is 0.0806. The highest BCUT2D eigenvalue weighted by molar-refractivity contribution is 9.08. The molecule has 1 rings (SSSR count). The van der Waals surface area contributed by atoms with Crippen LogP contribution in [-0.2, 0) is 10.1 Å². The average molecular weight is 331 g/mol. The van der Waals surface area contributed by atoms with Crippen molar-refractivity contribution in [3.8, 4) is 11.5 Å². The van der Waals surface area contributed by atoms with Crippen molar-refractivity contribution in [2.45, 2.75) is 26.1 Å². The zero-order valence-corrected chi connectivity index (χ0v) is 13.5. The highest BCUT2D eigenvalue weighted by Gasteiger charge is 2.10. The van der Waals surface area contributed by atoms with E-state index in [1.807, 2.05) is 25.1 Å². The molecule has 0 fully saturated rings. The summed E-state index contributed by atoms with van der Waals surface area (Å²) in [6, 6.07) is 5.94. The van der Waals surface area contributed by atoms with Gasteiger partial charge in [-0.3, -0.25) is 0 Å². The van der Waals surface area contributed by atoms with Crippen LogP contribution in [0.25, 0.3) is 0 Å². The minimum Gasteiger partial charge on any atom is -0.490 e. The number of halogens is 1. The Kier molecular flexibility index (Phi) is 7.91. The van der Waals surface area contributed by atoms with E-state index in [4.69, 9.17) is 14.2 Å². The summed E-state index contributed by atoms with van der Waals surface area (Å²) < 4.78 is 16.9. The molecule has 0 aliphatic heterocycles. The van der Waals surface area contributed by atoms with Gasteiger partial charge in [0.25, 0.3) is 0 Å². The molecule has 0 aromatic heterocycles. The number of hydrogen-bond acceptors (Lipinski definition) is 3. The van der Waals surface area contributed by atoms with E-state index in [0.29, 0.717) is 25.7 Å². The summed E-state index contributed by atoms with van der Waals surface area (Å²) in [6.07, 6.45) is 0. The quantitative estimate of drug-likeness (QED) is 0.505. The van der Waals surface area contributed by atoms with Crippen LogP contribution >= 0.6 is 15.9 Å². The van der Waals surface area contributed by atoms with Gasteiger partial charge >= 0.3 is 0 Å². The lowest BCUT2D eigenvalue weighted by Crippen LogP contribution is -2.11. The zero-order chi connectivity index (χ0) is 14.1. The number of para-hydroxylation sites is 1. The summed E-state index contributed by atoms with van der Waals surface area (Å²) in [5.74, 6) is 2.16. The Morgan fingerprint density at radius 2 is 1.95 bits per heavy atom. The zero-order valence-electron chi connectivity index (χ0n) is 11.9. The van der Waals surface area contributed by atoms with Crippen molar-refractivity contribution in [1.29, 1.82) is 0 Å². The molecule has 0 atom stereocenters. The van der Waals surface area contributed by atoms with E-state index in [0.717, 1.165) is 29.0 Å². The molecule has 0 unspecified atom stereocenters. The fourth-order valence-corrected chi connectivity index (χ4v) is 2.06. The Balaban J connectivity index is 2.54. The van der Waals surface area contributed by atoms with Gasteiger partial charge in [0.1, 0.15) is 6.61 Å². The van der Waals surface area contributed by atoms with Crippen LogP contribution in [0.15, 0.2) is 18.2 Å². The summed E-state index contributed by atoms with van der Waals surface area (Å²) in [7, 11) is 0. The molecule has 0 saturated heterocycles. The molecule has 1 aromatic carbocycles. The van der Waals surface area contributed by atoms with Gasteiger partial charge in [-0.05, 0) is 18.9 Å². The normalized spacial score (nSPS) is 10.8. The van der Waals surface area contributed by atoms with Gasteiger partial charge in [-0.15, -0.1) is 0 Å². The second-order valence-electron chi connectivity index (χ2n) is 4.63. The topological polar surface area (TPSA) is 27.7 Å². The number of benzene rings is 1. The van der Waals surface area contributed by atoms with Crippen molar-refractivity contribution >= 4 is 15.9 Å². The Morgan fingerprint density at radius 3 is 2.58 bits per heavy atom. The molecular formula is C15H23BrO3. The van der Waals surface area contributed by atoms with Gasteiger partial charge in [0, 0.05) is 17.5 Å². The predicted octanol–water partition coefficient (Wildman–Crippen LogP) is 4.03. The molecule has 3 nitrogen and oxygen atoms in total. The summed E-state index contributed by atoms with van der Waals surface area (Å²) in [5, 5.41) is 0.746. The van der Waals surface area contributed by atoms with Crippen molar-refractivity contribution < 1.29 is 14.2 Å². The molecule has 0 amide bonds. The largest absolute Gasteiger partial charge is 0.490 e. The van der Waals surface area contributed by atoms with Crippen LogP contribution in [0.2, 0.25) is 0 Å². The third-order valence-electron chi connectivity index (χ3n) is 2.43. The SMILES string of the molecule is CCOc1cccc(CBr)c1OCCOCC(C)C. The van der Waals surface area contributed by atoms with Gasteiger partial charge in [-0.1, -0.05) is 41.9 Å². The monoisotopic (exact) mass is 330 g/mol. The molecule has 0 heterocycles. The van der Waals surface area contributed by atoms with E-state index >= 15 is 0 Å². The molecule has 0 saturated carbocycles. The number of rotatable bonds is 9. The first-order valence-electron chi connectivity index (χ1n) is 6.70. The van der Waals surface area contributed by atoms with Crippen LogP contribution in [0.3, 0.4) is 0 Å². The minimum absolute atomic E-state index is 0.538. The van der Waals surface area contributed by atoms with Gasteiger partial charge in [-0.2, -0.15) is 0 Å². The summed E-state index contributed by atoms with van der Waals surface area (Å²) in [6.45, 7) is 8.77. The summed E-state index contributed by atoms with van der Waals surface area (Å²) in [4.78, 5) is 0. The maximum absolute atomic E-state index is 5.81. The van der Waals surface area contributed by atoms with Crippen LogP contribution in [0.5, 0.6) is 11.5 Å². The van der Waals surface area contributed by atoms with E-state index in [1.54, 1.807) is 0 Å². The molecule has 4 heteroatoms. The Labute approximate surface area is 124 Å². The lowest BCUT2D eigenvalue weighted by Gasteiger charge is -2.15. The first-order chi connectivity index (χ1) is 9.19. The van der Waals surface area contributed by atoms with Crippen molar-refractivity contribution in [2.75, 3.05) is 26.4 Å². The molecule has 0 aliphatic carbocycles. The van der Waals surface area contributed by atoms with E-state index in [-0.39, 0.29) is 0 Å². The van der Waals surface area contributed by atoms with Crippen LogP contribution in [0, 0.1) is 5.92 Å². The van der Waals surface area contributed by atoms with E-state index in [1.165, 1.54) is 0 Å². The molecule has 1 aromatic rings. The van der Waals surface area contributed by atoms with Crippen molar-refractivity contribution in [3.05, 3.63) is 23.8 Å². The van der Waals surface area contributed by atoms with Gasteiger partial charge in [0.05, 0.1) is 13.2 Å². The molecule has 108 valence electrons. The minimum atomic E-state index is 0.538.